The molecule has 0 saturated heterocycles. The van der Waals surface area contributed by atoms with Gasteiger partial charge in [-0.05, 0) is 0 Å². The maximum absolute atomic E-state index is 11.3. The Morgan fingerprint density at radius 2 is 2.06 bits per heavy atom. The third-order valence-corrected chi connectivity index (χ3v) is 2.23. The summed E-state index contributed by atoms with van der Waals surface area (Å²) in [5.41, 5.74) is 9.89. The van der Waals surface area contributed by atoms with Crippen LogP contribution in [0.2, 0.25) is 5.02 Å². The summed E-state index contributed by atoms with van der Waals surface area (Å²) in [4.78, 5) is 14.5. The van der Waals surface area contributed by atoms with Gasteiger partial charge in [-0.15, -0.1) is 0 Å². The summed E-state index contributed by atoms with van der Waals surface area (Å²) in [6, 6.07) is 0.0393. The predicted molar refractivity (Wildman–Crippen MR) is 66.2 cm³/mol. The highest BCUT2D eigenvalue weighted by atomic mass is 35.5. The molecule has 0 aliphatic carbocycles. The lowest BCUT2D eigenvalue weighted by molar-refractivity contribution is 0.259. The van der Waals surface area contributed by atoms with Crippen LogP contribution in [0.25, 0.3) is 0 Å². The third kappa shape index (κ3) is 2.86. The summed E-state index contributed by atoms with van der Waals surface area (Å²) in [7, 11) is 1.25. The Morgan fingerprint density at radius 3 is 2.56 bits per heavy atom. The van der Waals surface area contributed by atoms with E-state index in [1.165, 1.54) is 7.11 Å². The minimum absolute atomic E-state index is 0.128. The fraction of sp³-hybridized carbons (Fsp3) is 0.111. The Labute approximate surface area is 107 Å². The van der Waals surface area contributed by atoms with Gasteiger partial charge in [0, 0.05) is 6.07 Å². The molecule has 9 heteroatoms. The normalized spacial score (nSPS) is 9.67. The second kappa shape index (κ2) is 5.32. The number of nitrogens with zero attached hydrogens (tertiary/aromatic N) is 1. The first-order valence-electron chi connectivity index (χ1n) is 4.55. The zero-order valence-corrected chi connectivity index (χ0v) is 10.0. The molecule has 18 heavy (non-hydrogen) atoms. The summed E-state index contributed by atoms with van der Waals surface area (Å²) in [6.45, 7) is 0. The van der Waals surface area contributed by atoms with Gasteiger partial charge in [0.25, 0.3) is 0 Å². The number of amides is 2. The molecule has 0 aliphatic rings. The molecule has 0 aromatic heterocycles. The first kappa shape index (κ1) is 13.7. The summed E-state index contributed by atoms with van der Waals surface area (Å²) in [5.74, 6) is -1.42. The molecule has 0 bridgehead atoms. The molecule has 0 unspecified atom stereocenters. The number of guanidine groups is 1. The van der Waals surface area contributed by atoms with Gasteiger partial charge in [-0.2, -0.15) is 4.99 Å². The zero-order chi connectivity index (χ0) is 13.9. The summed E-state index contributed by atoms with van der Waals surface area (Å²) in [5, 5.41) is 20.9. The molecule has 98 valence electrons. The quantitative estimate of drug-likeness (QED) is 0.394. The van der Waals surface area contributed by atoms with E-state index in [1.807, 2.05) is 0 Å². The van der Waals surface area contributed by atoms with E-state index in [9.17, 15) is 15.0 Å². The van der Waals surface area contributed by atoms with Gasteiger partial charge in [0.1, 0.15) is 16.5 Å². The highest BCUT2D eigenvalue weighted by Crippen LogP contribution is 2.45. The van der Waals surface area contributed by atoms with Crippen molar-refractivity contribution >= 4 is 29.3 Å². The van der Waals surface area contributed by atoms with E-state index >= 15 is 0 Å². The number of ether oxygens (including phenoxy) is 1. The molecular formula is C9H11ClN4O4. The highest BCUT2D eigenvalue weighted by Gasteiger charge is 2.19. The fourth-order valence-corrected chi connectivity index (χ4v) is 1.37. The molecule has 0 saturated carbocycles. The average molecular weight is 275 g/mol. The van der Waals surface area contributed by atoms with Crippen LogP contribution >= 0.6 is 11.6 Å². The van der Waals surface area contributed by atoms with Crippen molar-refractivity contribution in [3.8, 4) is 17.2 Å². The standard InChI is InChI=1S/C9H11ClN4O4/c1-18-7-4(16)2-3(15)5(10)6(7)13-9(17)14-8(11)12/h2,15-16H,1H3,(H5,11,12,13,14,17). The molecular weight excluding hydrogens is 264 g/mol. The Hall–Kier alpha value is -2.35. The van der Waals surface area contributed by atoms with Gasteiger partial charge < -0.3 is 31.7 Å². The molecule has 8 nitrogen and oxygen atoms in total. The number of anilines is 1. The number of hydrogen-bond acceptors (Lipinski definition) is 4. The molecule has 0 atom stereocenters. The number of urea groups is 1. The van der Waals surface area contributed by atoms with Crippen molar-refractivity contribution in [2.24, 2.45) is 16.5 Å². The second-order valence-electron chi connectivity index (χ2n) is 3.10. The number of phenolic OH excluding ortho intramolecular Hbond substituents is 2. The monoisotopic (exact) mass is 274 g/mol. The van der Waals surface area contributed by atoms with Crippen molar-refractivity contribution in [3.05, 3.63) is 11.1 Å². The van der Waals surface area contributed by atoms with E-state index in [0.717, 1.165) is 6.07 Å². The topological polar surface area (TPSA) is 143 Å². The minimum Gasteiger partial charge on any atom is -0.506 e. The van der Waals surface area contributed by atoms with Crippen LogP contribution in [0, 0.1) is 0 Å². The van der Waals surface area contributed by atoms with Gasteiger partial charge in [-0.1, -0.05) is 11.6 Å². The van der Waals surface area contributed by atoms with Gasteiger partial charge in [-0.3, -0.25) is 0 Å². The number of nitrogens with two attached hydrogens (primary N) is 2. The minimum atomic E-state index is -0.930. The van der Waals surface area contributed by atoms with E-state index in [4.69, 9.17) is 27.8 Å². The number of methoxy groups -OCH3 is 1. The molecule has 1 rings (SSSR count). The van der Waals surface area contributed by atoms with Crippen LogP contribution in [0.5, 0.6) is 17.2 Å². The zero-order valence-electron chi connectivity index (χ0n) is 9.27. The van der Waals surface area contributed by atoms with Gasteiger partial charge in [-0.25, -0.2) is 4.79 Å². The number of nitrogens with one attached hydrogen (secondary N) is 1. The molecule has 0 fully saturated rings. The van der Waals surface area contributed by atoms with Gasteiger partial charge >= 0.3 is 6.03 Å². The van der Waals surface area contributed by atoms with Crippen molar-refractivity contribution in [1.29, 1.82) is 0 Å². The lowest BCUT2D eigenvalue weighted by Gasteiger charge is -2.13. The van der Waals surface area contributed by atoms with Crippen LogP contribution in [0.15, 0.2) is 11.1 Å². The molecule has 0 spiro atoms. The van der Waals surface area contributed by atoms with Crippen molar-refractivity contribution in [3.63, 3.8) is 0 Å². The third-order valence-electron chi connectivity index (χ3n) is 1.84. The molecule has 7 N–H and O–H groups in total. The van der Waals surface area contributed by atoms with Crippen LogP contribution in [-0.2, 0) is 0 Å². The van der Waals surface area contributed by atoms with Gasteiger partial charge in [0.2, 0.25) is 0 Å². The SMILES string of the molecule is COc1c(O)cc(O)c(Cl)c1NC(=O)N=C(N)N. The lowest BCUT2D eigenvalue weighted by atomic mass is 10.2. The number of carbonyl (C=O) groups excluding carboxylic acids is 1. The van der Waals surface area contributed by atoms with E-state index in [2.05, 4.69) is 10.3 Å². The van der Waals surface area contributed by atoms with Crippen LogP contribution in [0.1, 0.15) is 0 Å². The Bertz CT molecular complexity index is 514. The van der Waals surface area contributed by atoms with Crippen LogP contribution in [0.4, 0.5) is 10.5 Å². The molecule has 1 aromatic rings. The molecule has 0 radical (unpaired) electrons. The van der Waals surface area contributed by atoms with Crippen LogP contribution < -0.4 is 21.5 Å². The van der Waals surface area contributed by atoms with E-state index in [0.29, 0.717) is 0 Å². The molecule has 0 heterocycles. The fourth-order valence-electron chi connectivity index (χ4n) is 1.18. The second-order valence-corrected chi connectivity index (χ2v) is 3.48. The maximum atomic E-state index is 11.3. The Balaban J connectivity index is 3.22. The van der Waals surface area contributed by atoms with E-state index in [1.54, 1.807) is 0 Å². The number of aromatic hydroxyl groups is 2. The van der Waals surface area contributed by atoms with E-state index in [-0.39, 0.29) is 16.5 Å². The molecule has 2 amide bonds. The number of hydrogen-bond donors (Lipinski definition) is 5. The lowest BCUT2D eigenvalue weighted by Crippen LogP contribution is -2.25. The number of phenols is 2. The number of aliphatic imine (C=N–C) groups is 1. The first-order valence-corrected chi connectivity index (χ1v) is 4.93. The highest BCUT2D eigenvalue weighted by molar-refractivity contribution is 6.35. The number of carbonyl (C=O) groups is 1. The van der Waals surface area contributed by atoms with Crippen molar-refractivity contribution in [2.45, 2.75) is 0 Å². The Morgan fingerprint density at radius 1 is 1.44 bits per heavy atom. The Kier molecular flexibility index (Phi) is 4.05. The summed E-state index contributed by atoms with van der Waals surface area (Å²) in [6.07, 6.45) is 0. The predicted octanol–water partition coefficient (Wildman–Crippen LogP) is 0.565. The smallest absolute Gasteiger partial charge is 0.348 e. The summed E-state index contributed by atoms with van der Waals surface area (Å²) < 4.78 is 4.85. The average Bonchev–Trinajstić information content (AvgIpc) is 2.24. The largest absolute Gasteiger partial charge is 0.506 e. The van der Waals surface area contributed by atoms with Crippen LogP contribution in [-0.4, -0.2) is 29.3 Å². The number of rotatable bonds is 2. The summed E-state index contributed by atoms with van der Waals surface area (Å²) >= 11 is 5.76. The number of halogens is 1. The maximum Gasteiger partial charge on any atom is 0.348 e. The van der Waals surface area contributed by atoms with Crippen molar-refractivity contribution < 1.29 is 19.7 Å². The number of benzene rings is 1. The van der Waals surface area contributed by atoms with Crippen molar-refractivity contribution in [1.82, 2.24) is 0 Å². The van der Waals surface area contributed by atoms with E-state index < -0.39 is 23.5 Å². The van der Waals surface area contributed by atoms with Crippen molar-refractivity contribution in [2.75, 3.05) is 12.4 Å². The first-order chi connectivity index (χ1) is 8.36. The van der Waals surface area contributed by atoms with Gasteiger partial charge in [0.05, 0.1) is 7.11 Å². The molecule has 1 aromatic carbocycles. The van der Waals surface area contributed by atoms with Crippen LogP contribution in [0.3, 0.4) is 0 Å². The van der Waals surface area contributed by atoms with Gasteiger partial charge in [0.15, 0.2) is 17.5 Å². The molecule has 0 aliphatic heterocycles.